The summed E-state index contributed by atoms with van der Waals surface area (Å²) >= 11 is 1.24. The molecule has 1 amide bonds. The molecule has 160 valence electrons. The summed E-state index contributed by atoms with van der Waals surface area (Å²) in [5.41, 5.74) is 1.85. The Morgan fingerprint density at radius 1 is 1.24 bits per heavy atom. The molecule has 2 aromatic rings. The standard InChI is InChI=1S/C21H29FN2O3S2/c1-12(2)15-8-14(22)9-16(13(3)4)17(15)10-19(25)24-29(26)20-23-11-18(28-20)21(5,6)27-7/h8-9,11-13H,10H2,1-7H3,(H,24,25). The van der Waals surface area contributed by atoms with Crippen LogP contribution in [0.25, 0.3) is 0 Å². The summed E-state index contributed by atoms with van der Waals surface area (Å²) in [5.74, 6) is -0.564. The predicted molar refractivity (Wildman–Crippen MR) is 115 cm³/mol. The number of nitrogens with one attached hydrogen (secondary N) is 1. The molecule has 0 aliphatic heterocycles. The fourth-order valence-electron chi connectivity index (χ4n) is 2.98. The molecule has 0 saturated carbocycles. The second-order valence-corrected chi connectivity index (χ2v) is 10.5. The van der Waals surface area contributed by atoms with Gasteiger partial charge < -0.3 is 4.74 Å². The summed E-state index contributed by atoms with van der Waals surface area (Å²) in [4.78, 5) is 17.6. The molecule has 5 nitrogen and oxygen atoms in total. The third-order valence-electron chi connectivity index (χ3n) is 4.82. The number of halogens is 1. The maximum Gasteiger partial charge on any atom is 0.236 e. The Hall–Kier alpha value is -1.64. The Bertz CT molecular complexity index is 878. The highest BCUT2D eigenvalue weighted by Gasteiger charge is 2.25. The summed E-state index contributed by atoms with van der Waals surface area (Å²) in [6.45, 7) is 11.6. The van der Waals surface area contributed by atoms with E-state index in [1.807, 2.05) is 41.5 Å². The Kier molecular flexibility index (Phi) is 7.70. The lowest BCUT2D eigenvalue weighted by Gasteiger charge is -2.20. The van der Waals surface area contributed by atoms with E-state index in [9.17, 15) is 13.4 Å². The normalized spacial score (nSPS) is 13.2. The van der Waals surface area contributed by atoms with Gasteiger partial charge >= 0.3 is 0 Å². The molecule has 8 heteroatoms. The van der Waals surface area contributed by atoms with Crippen molar-refractivity contribution in [3.05, 3.63) is 45.7 Å². The van der Waals surface area contributed by atoms with Gasteiger partial charge in [0.05, 0.1) is 16.9 Å². The molecule has 0 aliphatic rings. The van der Waals surface area contributed by atoms with Crippen LogP contribution in [0.1, 0.15) is 74.9 Å². The lowest BCUT2D eigenvalue weighted by atomic mass is 9.87. The molecule has 2 rings (SSSR count). The van der Waals surface area contributed by atoms with E-state index in [0.717, 1.165) is 21.6 Å². The summed E-state index contributed by atoms with van der Waals surface area (Å²) in [6, 6.07) is 2.96. The molecule has 0 aliphatic carbocycles. The second kappa shape index (κ2) is 9.45. The topological polar surface area (TPSA) is 68.3 Å². The van der Waals surface area contributed by atoms with Crippen LogP contribution in [-0.4, -0.2) is 22.2 Å². The fourth-order valence-corrected chi connectivity index (χ4v) is 4.92. The molecule has 0 radical (unpaired) electrons. The number of amides is 1. The van der Waals surface area contributed by atoms with E-state index in [1.165, 1.54) is 23.5 Å². The molecule has 0 spiro atoms. The van der Waals surface area contributed by atoms with Gasteiger partial charge in [-0.25, -0.2) is 13.6 Å². The predicted octanol–water partition coefficient (Wildman–Crippen LogP) is 4.79. The van der Waals surface area contributed by atoms with Gasteiger partial charge in [0.15, 0.2) is 11.0 Å². The van der Waals surface area contributed by atoms with Crippen LogP contribution in [0.3, 0.4) is 0 Å². The van der Waals surface area contributed by atoms with E-state index >= 15 is 0 Å². The first-order valence-corrected chi connectivity index (χ1v) is 11.5. The quantitative estimate of drug-likeness (QED) is 0.641. The van der Waals surface area contributed by atoms with Crippen molar-refractivity contribution >= 4 is 28.2 Å². The first kappa shape index (κ1) is 23.6. The number of nitrogens with zero attached hydrogens (tertiary/aromatic N) is 1. The third-order valence-corrected chi connectivity index (χ3v) is 7.46. The number of aromatic nitrogens is 1. The molecule has 29 heavy (non-hydrogen) atoms. The molecule has 1 aromatic heterocycles. The van der Waals surface area contributed by atoms with Gasteiger partial charge in [-0.05, 0) is 54.5 Å². The van der Waals surface area contributed by atoms with Gasteiger partial charge in [0.2, 0.25) is 10.2 Å². The zero-order chi connectivity index (χ0) is 21.9. The van der Waals surface area contributed by atoms with Crippen LogP contribution in [0.5, 0.6) is 0 Å². The third kappa shape index (κ3) is 5.71. The lowest BCUT2D eigenvalue weighted by Crippen LogP contribution is -2.28. The lowest BCUT2D eigenvalue weighted by molar-refractivity contribution is -0.118. The van der Waals surface area contributed by atoms with Crippen LogP contribution in [0.4, 0.5) is 4.39 Å². The van der Waals surface area contributed by atoms with Crippen molar-refractivity contribution < 1.29 is 18.1 Å². The van der Waals surface area contributed by atoms with Crippen LogP contribution in [0.2, 0.25) is 0 Å². The molecular weight excluding hydrogens is 411 g/mol. The van der Waals surface area contributed by atoms with Crippen molar-refractivity contribution in [3.8, 4) is 0 Å². The molecule has 0 bridgehead atoms. The fraction of sp³-hybridized carbons (Fsp3) is 0.524. The van der Waals surface area contributed by atoms with E-state index < -0.39 is 16.6 Å². The van der Waals surface area contributed by atoms with Crippen LogP contribution < -0.4 is 4.72 Å². The zero-order valence-corrected chi connectivity index (χ0v) is 19.6. The molecule has 1 heterocycles. The molecule has 1 aromatic carbocycles. The van der Waals surface area contributed by atoms with Crippen LogP contribution in [-0.2, 0) is 32.5 Å². The highest BCUT2D eigenvalue weighted by atomic mass is 32.2. The zero-order valence-electron chi connectivity index (χ0n) is 18.0. The van der Waals surface area contributed by atoms with Gasteiger partial charge in [0, 0.05) is 13.3 Å². The first-order chi connectivity index (χ1) is 13.5. The highest BCUT2D eigenvalue weighted by molar-refractivity contribution is 7.85. The minimum absolute atomic E-state index is 0.0366. The van der Waals surface area contributed by atoms with Crippen molar-refractivity contribution in [2.45, 2.75) is 69.7 Å². The molecule has 1 atom stereocenters. The average molecular weight is 441 g/mol. The van der Waals surface area contributed by atoms with Gasteiger partial charge in [-0.15, -0.1) is 11.3 Å². The van der Waals surface area contributed by atoms with Gasteiger partial charge in [0.1, 0.15) is 5.82 Å². The molecule has 0 fully saturated rings. The smallest absolute Gasteiger partial charge is 0.236 e. The number of benzene rings is 1. The highest BCUT2D eigenvalue weighted by Crippen LogP contribution is 2.31. The molecular formula is C21H29FN2O3S2. The molecule has 1 unspecified atom stereocenters. The minimum Gasteiger partial charge on any atom is -0.373 e. The maximum atomic E-state index is 14.1. The summed E-state index contributed by atoms with van der Waals surface area (Å²) in [5, 5.41) is 0. The Labute approximate surface area is 178 Å². The number of thiazole rings is 1. The van der Waals surface area contributed by atoms with Gasteiger partial charge in [-0.3, -0.25) is 9.52 Å². The SMILES string of the molecule is COC(C)(C)c1cnc(S(=O)NC(=O)Cc2c(C(C)C)cc(F)cc2C(C)C)s1. The van der Waals surface area contributed by atoms with Gasteiger partial charge in [-0.2, -0.15) is 0 Å². The first-order valence-electron chi connectivity index (χ1n) is 9.51. The average Bonchev–Trinajstić information content (AvgIpc) is 3.13. The van der Waals surface area contributed by atoms with E-state index in [-0.39, 0.29) is 30.0 Å². The monoisotopic (exact) mass is 440 g/mol. The van der Waals surface area contributed by atoms with Crippen molar-refractivity contribution in [3.63, 3.8) is 0 Å². The number of carbonyl (C=O) groups is 1. The largest absolute Gasteiger partial charge is 0.373 e. The van der Waals surface area contributed by atoms with Crippen LogP contribution in [0.15, 0.2) is 22.7 Å². The van der Waals surface area contributed by atoms with Crippen LogP contribution >= 0.6 is 11.3 Å². The van der Waals surface area contributed by atoms with E-state index in [2.05, 4.69) is 9.71 Å². The number of hydrogen-bond donors (Lipinski definition) is 1. The van der Waals surface area contributed by atoms with Gasteiger partial charge in [-0.1, -0.05) is 27.7 Å². The van der Waals surface area contributed by atoms with E-state index in [1.54, 1.807) is 13.3 Å². The van der Waals surface area contributed by atoms with Crippen molar-refractivity contribution in [1.82, 2.24) is 9.71 Å². The summed E-state index contributed by atoms with van der Waals surface area (Å²) < 4.78 is 34.9. The van der Waals surface area contributed by atoms with Crippen molar-refractivity contribution in [2.75, 3.05) is 7.11 Å². The minimum atomic E-state index is -1.76. The van der Waals surface area contributed by atoms with Crippen LogP contribution in [0, 0.1) is 5.82 Å². The van der Waals surface area contributed by atoms with Gasteiger partial charge in [0.25, 0.3) is 0 Å². The second-order valence-electron chi connectivity index (χ2n) is 8.05. The maximum absolute atomic E-state index is 14.1. The number of carbonyl (C=O) groups excluding carboxylic acids is 1. The Morgan fingerprint density at radius 3 is 2.28 bits per heavy atom. The van der Waals surface area contributed by atoms with E-state index in [0.29, 0.717) is 4.34 Å². The Morgan fingerprint density at radius 2 is 1.79 bits per heavy atom. The number of rotatable bonds is 8. The van der Waals surface area contributed by atoms with Crippen molar-refractivity contribution in [2.24, 2.45) is 0 Å². The number of ether oxygens (including phenoxy) is 1. The summed E-state index contributed by atoms with van der Waals surface area (Å²) in [7, 11) is -0.167. The Balaban J connectivity index is 2.22. The number of hydrogen-bond acceptors (Lipinski definition) is 5. The summed E-state index contributed by atoms with van der Waals surface area (Å²) in [6.07, 6.45) is 1.65. The molecule has 0 saturated heterocycles. The van der Waals surface area contributed by atoms with Crippen molar-refractivity contribution in [1.29, 1.82) is 0 Å². The van der Waals surface area contributed by atoms with E-state index in [4.69, 9.17) is 4.74 Å². The number of methoxy groups -OCH3 is 1. The molecule has 1 N–H and O–H groups in total.